The van der Waals surface area contributed by atoms with E-state index in [2.05, 4.69) is 33.2 Å². The molecule has 1 atom stereocenters. The first-order valence-electron chi connectivity index (χ1n) is 10.6. The van der Waals surface area contributed by atoms with Crippen molar-refractivity contribution in [3.8, 4) is 6.07 Å². The first kappa shape index (κ1) is 23.2. The van der Waals surface area contributed by atoms with Crippen LogP contribution in [-0.4, -0.2) is 47.6 Å². The maximum Gasteiger partial charge on any atom is 0.407 e. The van der Waals surface area contributed by atoms with Gasteiger partial charge in [0.15, 0.2) is 5.16 Å². The summed E-state index contributed by atoms with van der Waals surface area (Å²) in [6, 6.07) is 2.37. The van der Waals surface area contributed by atoms with Gasteiger partial charge in [0, 0.05) is 43.6 Å². The molecule has 1 unspecified atom stereocenters. The van der Waals surface area contributed by atoms with E-state index in [1.54, 1.807) is 0 Å². The number of hydrogen-bond acceptors (Lipinski definition) is 8. The van der Waals surface area contributed by atoms with E-state index in [0.29, 0.717) is 19.0 Å². The number of carbonyl (C=O) groups excluding carboxylic acids is 1. The van der Waals surface area contributed by atoms with Gasteiger partial charge in [-0.1, -0.05) is 18.3 Å². The molecule has 1 aliphatic carbocycles. The molecule has 8 nitrogen and oxygen atoms in total. The van der Waals surface area contributed by atoms with Gasteiger partial charge in [-0.3, -0.25) is 0 Å². The molecule has 0 radical (unpaired) electrons. The number of thioether (sulfide) groups is 1. The van der Waals surface area contributed by atoms with E-state index in [1.165, 1.54) is 11.8 Å². The number of nitrogens with zero attached hydrogens (tertiary/aromatic N) is 4. The molecule has 0 bridgehead atoms. The Morgan fingerprint density at radius 2 is 2.19 bits per heavy atom. The van der Waals surface area contributed by atoms with Gasteiger partial charge in [0.1, 0.15) is 11.4 Å². The molecule has 2 heterocycles. The number of rotatable bonds is 8. The molecule has 0 aromatic carbocycles. The Balaban J connectivity index is 1.61. The third-order valence-electron chi connectivity index (χ3n) is 5.56. The summed E-state index contributed by atoms with van der Waals surface area (Å²) in [7, 11) is 0. The lowest BCUT2D eigenvalue weighted by atomic mass is 10.1. The molecule has 31 heavy (non-hydrogen) atoms. The fourth-order valence-electron chi connectivity index (χ4n) is 3.59. The zero-order chi connectivity index (χ0) is 22.6. The Kier molecular flexibility index (Phi) is 6.99. The molecule has 1 aliphatic heterocycles. The largest absolute Gasteiger partial charge is 0.444 e. The third-order valence-corrected chi connectivity index (χ3v) is 6.12. The predicted octanol–water partition coefficient (Wildman–Crippen LogP) is 3.46. The first-order chi connectivity index (χ1) is 14.7. The topological polar surface area (TPSA) is 103 Å². The van der Waals surface area contributed by atoms with Crippen molar-refractivity contribution >= 4 is 23.7 Å². The first-order valence-corrected chi connectivity index (χ1v) is 11.8. The lowest BCUT2D eigenvalue weighted by molar-refractivity contribution is 0.0520. The number of nitriles is 1. The highest BCUT2D eigenvalue weighted by molar-refractivity contribution is 7.98. The second-order valence-electron chi connectivity index (χ2n) is 9.22. The number of alkyl carbamates (subject to hydrolysis) is 1. The zero-order valence-electron chi connectivity index (χ0n) is 18.8. The Labute approximate surface area is 188 Å². The van der Waals surface area contributed by atoms with Crippen molar-refractivity contribution in [2.45, 2.75) is 57.3 Å². The van der Waals surface area contributed by atoms with E-state index in [0.717, 1.165) is 54.6 Å². The Morgan fingerprint density at radius 1 is 1.45 bits per heavy atom. The van der Waals surface area contributed by atoms with Gasteiger partial charge in [-0.25, -0.2) is 14.8 Å². The number of allylic oxidation sites excluding steroid dienone is 1. The molecule has 2 aliphatic rings. The fraction of sp³-hybridized carbons (Fsp3) is 0.636. The van der Waals surface area contributed by atoms with Crippen LogP contribution in [0, 0.1) is 22.7 Å². The minimum atomic E-state index is -0.503. The SMILES string of the molecule is C=C(NCc1cnc(SC)nc1N1CCC(CNC(=O)OC(C)(C)C)C1)C1(C#N)CC1. The number of anilines is 1. The summed E-state index contributed by atoms with van der Waals surface area (Å²) in [5.41, 5.74) is 0.841. The van der Waals surface area contributed by atoms with Crippen LogP contribution in [0.5, 0.6) is 0 Å². The van der Waals surface area contributed by atoms with Gasteiger partial charge < -0.3 is 20.3 Å². The highest BCUT2D eigenvalue weighted by Crippen LogP contribution is 2.49. The van der Waals surface area contributed by atoms with E-state index >= 15 is 0 Å². The molecule has 0 spiro atoms. The van der Waals surface area contributed by atoms with Crippen molar-refractivity contribution in [1.29, 1.82) is 5.26 Å². The van der Waals surface area contributed by atoms with E-state index in [4.69, 9.17) is 9.72 Å². The van der Waals surface area contributed by atoms with Crippen LogP contribution in [0.2, 0.25) is 0 Å². The van der Waals surface area contributed by atoms with Gasteiger partial charge in [0.2, 0.25) is 0 Å². The number of hydrogen-bond donors (Lipinski definition) is 2. The molecule has 1 aromatic rings. The Hall–Kier alpha value is -2.47. The van der Waals surface area contributed by atoms with Crippen LogP contribution in [0.25, 0.3) is 0 Å². The predicted molar refractivity (Wildman–Crippen MR) is 122 cm³/mol. The molecule has 1 amide bonds. The Bertz CT molecular complexity index is 872. The highest BCUT2D eigenvalue weighted by Gasteiger charge is 2.46. The van der Waals surface area contributed by atoms with Crippen molar-refractivity contribution in [3.63, 3.8) is 0 Å². The smallest absolute Gasteiger partial charge is 0.407 e. The molecule has 1 saturated carbocycles. The molecule has 2 N–H and O–H groups in total. The third kappa shape index (κ3) is 6.03. The average Bonchev–Trinajstić information content (AvgIpc) is 3.39. The summed E-state index contributed by atoms with van der Waals surface area (Å²) < 4.78 is 5.33. The maximum absolute atomic E-state index is 12.0. The molecule has 168 valence electrons. The summed E-state index contributed by atoms with van der Waals surface area (Å²) in [5, 5.41) is 16.3. The van der Waals surface area contributed by atoms with Crippen LogP contribution in [0.15, 0.2) is 23.6 Å². The van der Waals surface area contributed by atoms with Crippen molar-refractivity contribution < 1.29 is 9.53 Å². The second-order valence-corrected chi connectivity index (χ2v) is 9.99. The lowest BCUT2D eigenvalue weighted by Crippen LogP contribution is -2.36. The molecule has 3 rings (SSSR count). The summed E-state index contributed by atoms with van der Waals surface area (Å²) in [5.74, 6) is 1.23. The Morgan fingerprint density at radius 3 is 2.81 bits per heavy atom. The molecule has 1 aromatic heterocycles. The van der Waals surface area contributed by atoms with Gasteiger partial charge in [-0.2, -0.15) is 5.26 Å². The van der Waals surface area contributed by atoms with Crippen LogP contribution in [0.4, 0.5) is 10.6 Å². The van der Waals surface area contributed by atoms with Crippen LogP contribution in [0.3, 0.4) is 0 Å². The highest BCUT2D eigenvalue weighted by atomic mass is 32.2. The summed E-state index contributed by atoms with van der Waals surface area (Å²) in [6.07, 6.45) is 6.12. The second kappa shape index (κ2) is 9.35. The standard InChI is InChI=1S/C22H32N6O2S/c1-15(22(14-23)7-8-22)24-11-17-12-25-19(31-5)27-18(17)28-9-6-16(13-28)10-26-20(29)30-21(2,3)4/h12,16,24H,1,6-11,13H2,2-5H3,(H,26,29). The zero-order valence-corrected chi connectivity index (χ0v) is 19.6. The number of ether oxygens (including phenoxy) is 1. The van der Waals surface area contributed by atoms with Crippen LogP contribution in [0.1, 0.15) is 45.6 Å². The van der Waals surface area contributed by atoms with Gasteiger partial charge in [-0.15, -0.1) is 0 Å². The minimum absolute atomic E-state index is 0.323. The monoisotopic (exact) mass is 444 g/mol. The normalized spacial score (nSPS) is 19.5. The molecule has 2 fully saturated rings. The van der Waals surface area contributed by atoms with E-state index in [-0.39, 0.29) is 6.09 Å². The van der Waals surface area contributed by atoms with E-state index < -0.39 is 11.0 Å². The number of carbonyl (C=O) groups is 1. The lowest BCUT2D eigenvalue weighted by Gasteiger charge is -2.23. The number of aromatic nitrogens is 2. The molecular formula is C22H32N6O2S. The van der Waals surface area contributed by atoms with Gasteiger partial charge in [-0.05, 0) is 52.2 Å². The van der Waals surface area contributed by atoms with E-state index in [9.17, 15) is 10.1 Å². The van der Waals surface area contributed by atoms with Crippen molar-refractivity contribution in [3.05, 3.63) is 24.0 Å². The maximum atomic E-state index is 12.0. The van der Waals surface area contributed by atoms with Gasteiger partial charge in [0.05, 0.1) is 11.5 Å². The molecular weight excluding hydrogens is 412 g/mol. The number of nitrogens with one attached hydrogen (secondary N) is 2. The minimum Gasteiger partial charge on any atom is -0.444 e. The quantitative estimate of drug-likeness (QED) is 0.464. The van der Waals surface area contributed by atoms with Crippen molar-refractivity contribution in [2.24, 2.45) is 11.3 Å². The van der Waals surface area contributed by atoms with Crippen molar-refractivity contribution in [1.82, 2.24) is 20.6 Å². The number of amides is 1. The summed E-state index contributed by atoms with van der Waals surface area (Å²) >= 11 is 1.51. The van der Waals surface area contributed by atoms with Crippen molar-refractivity contribution in [2.75, 3.05) is 30.8 Å². The molecule has 9 heteroatoms. The van der Waals surface area contributed by atoms with Crippen LogP contribution in [-0.2, 0) is 11.3 Å². The van der Waals surface area contributed by atoms with Gasteiger partial charge >= 0.3 is 6.09 Å². The molecule has 1 saturated heterocycles. The van der Waals surface area contributed by atoms with Crippen LogP contribution < -0.4 is 15.5 Å². The fourth-order valence-corrected chi connectivity index (χ4v) is 3.93. The average molecular weight is 445 g/mol. The van der Waals surface area contributed by atoms with Gasteiger partial charge in [0.25, 0.3) is 0 Å². The summed E-state index contributed by atoms with van der Waals surface area (Å²) in [6.45, 7) is 12.4. The van der Waals surface area contributed by atoms with Crippen LogP contribution >= 0.6 is 11.8 Å². The van der Waals surface area contributed by atoms with E-state index in [1.807, 2.05) is 33.2 Å². The summed E-state index contributed by atoms with van der Waals surface area (Å²) in [4.78, 5) is 23.4.